The minimum Gasteiger partial charge on any atom is -0.323 e. The third-order valence-electron chi connectivity index (χ3n) is 2.38. The number of hydrogen-bond acceptors (Lipinski definition) is 3. The van der Waals surface area contributed by atoms with Crippen molar-refractivity contribution in [2.24, 2.45) is 7.05 Å². The van der Waals surface area contributed by atoms with E-state index in [1.54, 1.807) is 0 Å². The number of aryl methyl sites for hydroxylation is 2. The van der Waals surface area contributed by atoms with Crippen molar-refractivity contribution in [3.05, 3.63) is 24.3 Å². The zero-order valence-electron chi connectivity index (χ0n) is 10.1. The summed E-state index contributed by atoms with van der Waals surface area (Å²) in [5, 5.41) is 7.50. The van der Waals surface area contributed by atoms with Gasteiger partial charge in [0.25, 0.3) is 0 Å². The van der Waals surface area contributed by atoms with Crippen molar-refractivity contribution in [2.75, 3.05) is 5.32 Å². The SMILES string of the molecule is Cc1cn(C)c(Nc2cnn(C(C)C)c2)n1. The highest BCUT2D eigenvalue weighted by molar-refractivity contribution is 5.51. The highest BCUT2D eigenvalue weighted by Gasteiger charge is 2.05. The Morgan fingerprint density at radius 3 is 2.56 bits per heavy atom. The molecule has 0 aliphatic heterocycles. The first-order chi connectivity index (χ1) is 7.56. The molecule has 2 heterocycles. The van der Waals surface area contributed by atoms with Crippen molar-refractivity contribution < 1.29 is 0 Å². The predicted molar refractivity (Wildman–Crippen MR) is 63.8 cm³/mol. The molecule has 0 aromatic carbocycles. The lowest BCUT2D eigenvalue weighted by atomic mass is 10.4. The highest BCUT2D eigenvalue weighted by Crippen LogP contribution is 2.16. The second-order valence-corrected chi connectivity index (χ2v) is 4.24. The lowest BCUT2D eigenvalue weighted by molar-refractivity contribution is 0.532. The first kappa shape index (κ1) is 10.7. The zero-order valence-corrected chi connectivity index (χ0v) is 10.1. The molecule has 1 N–H and O–H groups in total. The molecule has 0 aliphatic rings. The Bertz CT molecular complexity index is 480. The maximum Gasteiger partial charge on any atom is 0.207 e. The molecule has 0 aliphatic carbocycles. The van der Waals surface area contributed by atoms with E-state index >= 15 is 0 Å². The van der Waals surface area contributed by atoms with Crippen molar-refractivity contribution in [2.45, 2.75) is 26.8 Å². The molecule has 0 radical (unpaired) electrons. The molecule has 0 fully saturated rings. The van der Waals surface area contributed by atoms with E-state index in [2.05, 4.69) is 29.2 Å². The molecule has 16 heavy (non-hydrogen) atoms. The largest absolute Gasteiger partial charge is 0.323 e. The minimum atomic E-state index is 0.374. The Morgan fingerprint density at radius 2 is 2.06 bits per heavy atom. The quantitative estimate of drug-likeness (QED) is 0.861. The van der Waals surface area contributed by atoms with Crippen LogP contribution in [0, 0.1) is 6.92 Å². The van der Waals surface area contributed by atoms with Gasteiger partial charge in [-0.1, -0.05) is 0 Å². The Balaban J connectivity index is 2.17. The number of nitrogens with one attached hydrogen (secondary N) is 1. The summed E-state index contributed by atoms with van der Waals surface area (Å²) in [7, 11) is 1.97. The first-order valence-corrected chi connectivity index (χ1v) is 5.37. The second kappa shape index (κ2) is 4.00. The van der Waals surface area contributed by atoms with Crippen LogP contribution in [0.1, 0.15) is 25.6 Å². The molecular weight excluding hydrogens is 202 g/mol. The second-order valence-electron chi connectivity index (χ2n) is 4.24. The molecule has 0 atom stereocenters. The highest BCUT2D eigenvalue weighted by atomic mass is 15.3. The lowest BCUT2D eigenvalue weighted by Crippen LogP contribution is -2.00. The summed E-state index contributed by atoms with van der Waals surface area (Å²) in [6.07, 6.45) is 5.77. The maximum atomic E-state index is 4.37. The standard InChI is InChI=1S/C11H17N5/c1-8(2)16-7-10(5-12-16)14-11-13-9(3)6-15(11)4/h5-8H,1-4H3,(H,13,14). The Labute approximate surface area is 95.1 Å². The molecule has 0 bridgehead atoms. The van der Waals surface area contributed by atoms with E-state index in [0.29, 0.717) is 6.04 Å². The Kier molecular flexibility index (Phi) is 2.68. The van der Waals surface area contributed by atoms with Gasteiger partial charge >= 0.3 is 0 Å². The number of nitrogens with zero attached hydrogens (tertiary/aromatic N) is 4. The average molecular weight is 219 g/mol. The van der Waals surface area contributed by atoms with Crippen LogP contribution in [-0.2, 0) is 7.05 Å². The van der Waals surface area contributed by atoms with Gasteiger partial charge in [-0.2, -0.15) is 5.10 Å². The maximum absolute atomic E-state index is 4.37. The summed E-state index contributed by atoms with van der Waals surface area (Å²) in [5.41, 5.74) is 1.96. The summed E-state index contributed by atoms with van der Waals surface area (Å²) >= 11 is 0. The number of anilines is 2. The first-order valence-electron chi connectivity index (χ1n) is 5.37. The van der Waals surface area contributed by atoms with Crippen LogP contribution in [0.5, 0.6) is 0 Å². The summed E-state index contributed by atoms with van der Waals surface area (Å²) in [6.45, 7) is 6.17. The number of imidazole rings is 1. The predicted octanol–water partition coefficient (Wildman–Crippen LogP) is 2.25. The topological polar surface area (TPSA) is 47.7 Å². The molecule has 2 rings (SSSR count). The molecule has 0 amide bonds. The van der Waals surface area contributed by atoms with E-state index < -0.39 is 0 Å². The normalized spacial score (nSPS) is 11.1. The third kappa shape index (κ3) is 2.08. The van der Waals surface area contributed by atoms with Crippen molar-refractivity contribution in [1.82, 2.24) is 19.3 Å². The van der Waals surface area contributed by atoms with Gasteiger partial charge in [-0.15, -0.1) is 0 Å². The van der Waals surface area contributed by atoms with E-state index in [9.17, 15) is 0 Å². The molecule has 5 heteroatoms. The fourth-order valence-corrected chi connectivity index (χ4v) is 1.55. The van der Waals surface area contributed by atoms with Gasteiger partial charge in [0.15, 0.2) is 0 Å². The zero-order chi connectivity index (χ0) is 11.7. The fourth-order valence-electron chi connectivity index (χ4n) is 1.55. The van der Waals surface area contributed by atoms with Crippen LogP contribution in [-0.4, -0.2) is 19.3 Å². The number of aromatic nitrogens is 4. The van der Waals surface area contributed by atoms with Gasteiger partial charge in [0.05, 0.1) is 17.6 Å². The lowest BCUT2D eigenvalue weighted by Gasteiger charge is -2.04. The van der Waals surface area contributed by atoms with Gasteiger partial charge in [0.2, 0.25) is 5.95 Å². The minimum absolute atomic E-state index is 0.374. The third-order valence-corrected chi connectivity index (χ3v) is 2.38. The van der Waals surface area contributed by atoms with Gasteiger partial charge in [0, 0.05) is 25.5 Å². The monoisotopic (exact) mass is 219 g/mol. The van der Waals surface area contributed by atoms with E-state index in [1.165, 1.54) is 0 Å². The van der Waals surface area contributed by atoms with Gasteiger partial charge in [-0.05, 0) is 20.8 Å². The van der Waals surface area contributed by atoms with Crippen LogP contribution >= 0.6 is 0 Å². The smallest absolute Gasteiger partial charge is 0.207 e. The van der Waals surface area contributed by atoms with Crippen LogP contribution in [0.15, 0.2) is 18.6 Å². The summed E-state index contributed by atoms with van der Waals surface area (Å²) in [6, 6.07) is 0.374. The Morgan fingerprint density at radius 1 is 1.31 bits per heavy atom. The molecule has 0 unspecified atom stereocenters. The van der Waals surface area contributed by atoms with Gasteiger partial charge in [0.1, 0.15) is 0 Å². The van der Waals surface area contributed by atoms with Crippen molar-refractivity contribution in [3.63, 3.8) is 0 Å². The number of hydrogen-bond donors (Lipinski definition) is 1. The van der Waals surface area contributed by atoms with E-state index in [0.717, 1.165) is 17.3 Å². The average Bonchev–Trinajstić information content (AvgIpc) is 2.75. The summed E-state index contributed by atoms with van der Waals surface area (Å²) in [5.74, 6) is 0.834. The van der Waals surface area contributed by atoms with Crippen molar-refractivity contribution in [1.29, 1.82) is 0 Å². The fraction of sp³-hybridized carbons (Fsp3) is 0.455. The van der Waals surface area contributed by atoms with Gasteiger partial charge in [-0.25, -0.2) is 4.98 Å². The number of rotatable bonds is 3. The molecule has 0 saturated heterocycles. The van der Waals surface area contributed by atoms with Crippen molar-refractivity contribution >= 4 is 11.6 Å². The summed E-state index contributed by atoms with van der Waals surface area (Å²) in [4.78, 5) is 4.37. The Hall–Kier alpha value is -1.78. The molecule has 0 spiro atoms. The molecule has 2 aromatic heterocycles. The molecule has 5 nitrogen and oxygen atoms in total. The molecule has 86 valence electrons. The van der Waals surface area contributed by atoms with Crippen LogP contribution < -0.4 is 5.32 Å². The van der Waals surface area contributed by atoms with Crippen LogP contribution in [0.3, 0.4) is 0 Å². The summed E-state index contributed by atoms with van der Waals surface area (Å²) < 4.78 is 3.88. The van der Waals surface area contributed by atoms with Crippen LogP contribution in [0.25, 0.3) is 0 Å². The van der Waals surface area contributed by atoms with Crippen molar-refractivity contribution in [3.8, 4) is 0 Å². The van der Waals surface area contributed by atoms with Crippen LogP contribution in [0.2, 0.25) is 0 Å². The van der Waals surface area contributed by atoms with Gasteiger partial charge in [-0.3, -0.25) is 4.68 Å². The molecular formula is C11H17N5. The van der Waals surface area contributed by atoms with E-state index in [4.69, 9.17) is 0 Å². The van der Waals surface area contributed by atoms with E-state index in [-0.39, 0.29) is 0 Å². The molecule has 0 saturated carbocycles. The molecule has 2 aromatic rings. The van der Waals surface area contributed by atoms with Gasteiger partial charge < -0.3 is 9.88 Å². The van der Waals surface area contributed by atoms with Crippen LogP contribution in [0.4, 0.5) is 11.6 Å². The van der Waals surface area contributed by atoms with E-state index in [1.807, 2.05) is 41.8 Å².